The molecule has 19 heavy (non-hydrogen) atoms. The van der Waals surface area contributed by atoms with Gasteiger partial charge in [0.25, 0.3) is 0 Å². The van der Waals surface area contributed by atoms with Crippen LogP contribution >= 0.6 is 12.2 Å². The monoisotopic (exact) mass is 271 g/mol. The first-order chi connectivity index (χ1) is 9.29. The van der Waals surface area contributed by atoms with Crippen molar-refractivity contribution in [1.29, 1.82) is 0 Å². The fraction of sp³-hybridized carbons (Fsp3) is 0.133. The molecule has 3 N–H and O–H groups in total. The quantitative estimate of drug-likeness (QED) is 0.587. The van der Waals surface area contributed by atoms with Crippen molar-refractivity contribution in [3.8, 4) is 0 Å². The van der Waals surface area contributed by atoms with Crippen molar-refractivity contribution in [3.05, 3.63) is 60.2 Å². The minimum atomic E-state index is 0.546. The predicted molar refractivity (Wildman–Crippen MR) is 85.2 cm³/mol. The molecule has 0 spiro atoms. The number of benzene rings is 2. The Hall–Kier alpha value is -2.07. The lowest BCUT2D eigenvalue weighted by molar-refractivity contribution is 1.12. The molecule has 0 unspecified atom stereocenters. The van der Waals surface area contributed by atoms with E-state index in [2.05, 4.69) is 29.2 Å². The van der Waals surface area contributed by atoms with Gasteiger partial charge in [0.05, 0.1) is 5.69 Å². The second-order valence-electron chi connectivity index (χ2n) is 4.08. The summed E-state index contributed by atoms with van der Waals surface area (Å²) in [6.45, 7) is 2.12. The van der Waals surface area contributed by atoms with Crippen molar-refractivity contribution in [2.75, 3.05) is 10.7 Å². The van der Waals surface area contributed by atoms with E-state index in [1.54, 1.807) is 0 Å². The van der Waals surface area contributed by atoms with Crippen LogP contribution in [0.1, 0.15) is 12.5 Å². The summed E-state index contributed by atoms with van der Waals surface area (Å²) in [6.07, 6.45) is 0.970. The van der Waals surface area contributed by atoms with Crippen LogP contribution in [0.15, 0.2) is 54.6 Å². The van der Waals surface area contributed by atoms with Crippen LogP contribution < -0.4 is 16.2 Å². The highest BCUT2D eigenvalue weighted by molar-refractivity contribution is 7.80. The molecule has 3 nitrogen and oxygen atoms in total. The third-order valence-electron chi connectivity index (χ3n) is 2.74. The Labute approximate surface area is 119 Å². The summed E-state index contributed by atoms with van der Waals surface area (Å²) in [4.78, 5) is 0. The molecule has 2 aromatic rings. The lowest BCUT2D eigenvalue weighted by Crippen LogP contribution is -2.33. The third kappa shape index (κ3) is 3.96. The summed E-state index contributed by atoms with van der Waals surface area (Å²) < 4.78 is 0. The molecule has 2 rings (SSSR count). The number of hydrogen-bond donors (Lipinski definition) is 3. The zero-order valence-electron chi connectivity index (χ0n) is 10.8. The minimum absolute atomic E-state index is 0.546. The third-order valence-corrected chi connectivity index (χ3v) is 2.94. The van der Waals surface area contributed by atoms with Crippen molar-refractivity contribution in [2.45, 2.75) is 13.3 Å². The zero-order valence-corrected chi connectivity index (χ0v) is 11.6. The smallest absolute Gasteiger partial charge is 0.189 e. The molecule has 0 amide bonds. The molecule has 0 fully saturated rings. The molecular formula is C15H17N3S. The molecule has 0 aliphatic heterocycles. The van der Waals surface area contributed by atoms with Crippen molar-refractivity contribution in [2.24, 2.45) is 0 Å². The fourth-order valence-electron chi connectivity index (χ4n) is 1.75. The molecule has 0 radical (unpaired) electrons. The number of nitrogens with one attached hydrogen (secondary N) is 3. The number of para-hydroxylation sites is 2. The Balaban J connectivity index is 1.91. The average Bonchev–Trinajstić information content (AvgIpc) is 2.47. The maximum atomic E-state index is 5.26. The van der Waals surface area contributed by atoms with Crippen LogP contribution in [-0.2, 0) is 6.42 Å². The fourth-order valence-corrected chi connectivity index (χ4v) is 1.92. The number of rotatable bonds is 4. The number of hydrazine groups is 1. The van der Waals surface area contributed by atoms with Crippen molar-refractivity contribution >= 4 is 28.7 Å². The summed E-state index contributed by atoms with van der Waals surface area (Å²) in [5.74, 6) is 0. The standard InChI is InChI=1S/C15H17N3S/c1-2-12-8-6-7-11-14(12)16-15(19)18-17-13-9-4-3-5-10-13/h3-11,17H,2H2,1H3,(H2,16,18,19). The van der Waals surface area contributed by atoms with E-state index in [0.717, 1.165) is 17.8 Å². The summed E-state index contributed by atoms with van der Waals surface area (Å²) in [6, 6.07) is 18.0. The van der Waals surface area contributed by atoms with E-state index in [4.69, 9.17) is 12.2 Å². The minimum Gasteiger partial charge on any atom is -0.331 e. The van der Waals surface area contributed by atoms with Crippen LogP contribution in [0.5, 0.6) is 0 Å². The Morgan fingerprint density at radius 1 is 1.00 bits per heavy atom. The Bertz CT molecular complexity index is 540. The van der Waals surface area contributed by atoms with Gasteiger partial charge in [-0.3, -0.25) is 10.9 Å². The van der Waals surface area contributed by atoms with E-state index in [9.17, 15) is 0 Å². The van der Waals surface area contributed by atoms with E-state index < -0.39 is 0 Å². The Kier molecular flexibility index (Phi) is 4.75. The highest BCUT2D eigenvalue weighted by Gasteiger charge is 2.01. The van der Waals surface area contributed by atoms with Crippen LogP contribution in [0.2, 0.25) is 0 Å². The highest BCUT2D eigenvalue weighted by atomic mass is 32.1. The SMILES string of the molecule is CCc1ccccc1NC(=S)NNc1ccccc1. The van der Waals surface area contributed by atoms with E-state index >= 15 is 0 Å². The van der Waals surface area contributed by atoms with Crippen LogP contribution in [0.25, 0.3) is 0 Å². The van der Waals surface area contributed by atoms with E-state index in [0.29, 0.717) is 5.11 Å². The Morgan fingerprint density at radius 2 is 1.68 bits per heavy atom. The van der Waals surface area contributed by atoms with Crippen LogP contribution in [0.3, 0.4) is 0 Å². The van der Waals surface area contributed by atoms with Crippen molar-refractivity contribution in [3.63, 3.8) is 0 Å². The van der Waals surface area contributed by atoms with Crippen LogP contribution in [0.4, 0.5) is 11.4 Å². The Morgan fingerprint density at radius 3 is 2.42 bits per heavy atom. The number of thiocarbonyl (C=S) groups is 1. The van der Waals surface area contributed by atoms with Gasteiger partial charge in [-0.25, -0.2) is 0 Å². The van der Waals surface area contributed by atoms with Crippen molar-refractivity contribution in [1.82, 2.24) is 5.43 Å². The van der Waals surface area contributed by atoms with E-state index in [1.165, 1.54) is 5.56 Å². The average molecular weight is 271 g/mol. The number of aryl methyl sites for hydroxylation is 1. The topological polar surface area (TPSA) is 36.1 Å². The molecule has 0 aliphatic rings. The maximum absolute atomic E-state index is 5.26. The normalized spacial score (nSPS) is 9.74. The first kappa shape index (κ1) is 13.4. The molecule has 0 aliphatic carbocycles. The second kappa shape index (κ2) is 6.75. The summed E-state index contributed by atoms with van der Waals surface area (Å²) in [7, 11) is 0. The first-order valence-corrected chi connectivity index (χ1v) is 6.66. The first-order valence-electron chi connectivity index (χ1n) is 6.25. The van der Waals surface area contributed by atoms with Crippen LogP contribution in [0, 0.1) is 0 Å². The lowest BCUT2D eigenvalue weighted by atomic mass is 10.1. The van der Waals surface area contributed by atoms with Crippen molar-refractivity contribution < 1.29 is 0 Å². The highest BCUT2D eigenvalue weighted by Crippen LogP contribution is 2.15. The molecule has 4 heteroatoms. The van der Waals surface area contributed by atoms with Gasteiger partial charge < -0.3 is 5.32 Å². The van der Waals surface area contributed by atoms with Gasteiger partial charge in [0.2, 0.25) is 0 Å². The molecule has 0 bridgehead atoms. The summed E-state index contributed by atoms with van der Waals surface area (Å²) >= 11 is 5.26. The van der Waals surface area contributed by atoms with Gasteiger partial charge in [0.15, 0.2) is 5.11 Å². The molecular weight excluding hydrogens is 254 g/mol. The predicted octanol–water partition coefficient (Wildman–Crippen LogP) is 3.56. The van der Waals surface area contributed by atoms with E-state index in [-0.39, 0.29) is 0 Å². The number of anilines is 2. The van der Waals surface area contributed by atoms with Crippen LogP contribution in [-0.4, -0.2) is 5.11 Å². The van der Waals surface area contributed by atoms with Gasteiger partial charge in [-0.2, -0.15) is 0 Å². The van der Waals surface area contributed by atoms with Gasteiger partial charge in [-0.1, -0.05) is 43.3 Å². The second-order valence-corrected chi connectivity index (χ2v) is 4.49. The zero-order chi connectivity index (χ0) is 13.5. The maximum Gasteiger partial charge on any atom is 0.189 e. The molecule has 2 aromatic carbocycles. The molecule has 0 saturated heterocycles. The van der Waals surface area contributed by atoms with Gasteiger partial charge >= 0.3 is 0 Å². The molecule has 0 saturated carbocycles. The largest absolute Gasteiger partial charge is 0.331 e. The lowest BCUT2D eigenvalue weighted by Gasteiger charge is -2.14. The van der Waals surface area contributed by atoms with Gasteiger partial charge in [0.1, 0.15) is 0 Å². The summed E-state index contributed by atoms with van der Waals surface area (Å²) in [5.41, 5.74) is 9.27. The van der Waals surface area contributed by atoms with Gasteiger partial charge in [-0.15, -0.1) is 0 Å². The number of hydrogen-bond acceptors (Lipinski definition) is 2. The molecule has 0 aromatic heterocycles. The molecule has 0 heterocycles. The molecule has 0 atom stereocenters. The van der Waals surface area contributed by atoms with Gasteiger partial charge in [-0.05, 0) is 42.4 Å². The van der Waals surface area contributed by atoms with Gasteiger partial charge in [0, 0.05) is 5.69 Å². The molecule has 98 valence electrons. The summed E-state index contributed by atoms with van der Waals surface area (Å²) in [5, 5.41) is 3.74. The van der Waals surface area contributed by atoms with E-state index in [1.807, 2.05) is 48.5 Å².